The monoisotopic (exact) mass is 620 g/mol. The number of aliphatic hydroxyl groups excluding tert-OH is 5. The summed E-state index contributed by atoms with van der Waals surface area (Å²) in [4.78, 5) is 14.1. The van der Waals surface area contributed by atoms with Gasteiger partial charge in [0.15, 0.2) is 12.1 Å². The number of hydrogen-bond donors (Lipinski definition) is 5. The van der Waals surface area contributed by atoms with Crippen LogP contribution >= 0.6 is 0 Å². The molecule has 0 bridgehead atoms. The molecule has 16 atom stereocenters. The van der Waals surface area contributed by atoms with Crippen molar-refractivity contribution < 1.29 is 44.5 Å². The van der Waals surface area contributed by atoms with E-state index in [4.69, 9.17) is 14.2 Å². The van der Waals surface area contributed by atoms with Crippen LogP contribution in [-0.4, -0.2) is 92.5 Å². The third kappa shape index (κ3) is 3.90. The summed E-state index contributed by atoms with van der Waals surface area (Å²) >= 11 is 0. The molecule has 0 amide bonds. The molecule has 5 N–H and O–H groups in total. The van der Waals surface area contributed by atoms with Crippen LogP contribution < -0.4 is 0 Å². The zero-order chi connectivity index (χ0) is 32.0. The Morgan fingerprint density at radius 1 is 0.909 bits per heavy atom. The van der Waals surface area contributed by atoms with Crippen LogP contribution in [0.3, 0.4) is 0 Å². The molecule has 250 valence electrons. The number of ether oxygens (including phenoxy) is 3. The second-order valence-electron chi connectivity index (χ2n) is 17.8. The largest absolute Gasteiger partial charge is 0.390 e. The minimum absolute atomic E-state index is 0.0321. The molecular weight excluding hydrogens is 564 g/mol. The van der Waals surface area contributed by atoms with Gasteiger partial charge in [-0.1, -0.05) is 34.6 Å². The molecule has 0 aromatic rings. The van der Waals surface area contributed by atoms with E-state index in [2.05, 4.69) is 34.6 Å². The predicted molar refractivity (Wildman–Crippen MR) is 160 cm³/mol. The van der Waals surface area contributed by atoms with E-state index < -0.39 is 42.2 Å². The lowest BCUT2D eigenvalue weighted by atomic mass is 9.41. The number of Topliss-reactive ketones (excluding diaryl/α,β-unsaturated/α-hetero) is 1. The highest BCUT2D eigenvalue weighted by Gasteiger charge is 2.84. The molecule has 7 fully saturated rings. The molecule has 7 aliphatic rings. The van der Waals surface area contributed by atoms with Crippen molar-refractivity contribution in [1.29, 1.82) is 0 Å². The van der Waals surface area contributed by atoms with E-state index in [1.165, 1.54) is 0 Å². The first-order valence-electron chi connectivity index (χ1n) is 17.3. The minimum Gasteiger partial charge on any atom is -0.390 e. The molecule has 2 heterocycles. The molecule has 0 radical (unpaired) electrons. The first-order valence-corrected chi connectivity index (χ1v) is 17.3. The average molecular weight is 621 g/mol. The first-order chi connectivity index (χ1) is 20.4. The van der Waals surface area contributed by atoms with Gasteiger partial charge in [-0.2, -0.15) is 0 Å². The Balaban J connectivity index is 1.12. The maximum Gasteiger partial charge on any atom is 0.186 e. The first kappa shape index (κ1) is 31.9. The van der Waals surface area contributed by atoms with Gasteiger partial charge in [0.2, 0.25) is 0 Å². The van der Waals surface area contributed by atoms with E-state index in [-0.39, 0.29) is 69.6 Å². The molecule has 5 saturated carbocycles. The molecule has 44 heavy (non-hydrogen) atoms. The highest BCUT2D eigenvalue weighted by Crippen LogP contribution is 2.89. The number of rotatable bonds is 6. The van der Waals surface area contributed by atoms with E-state index in [0.29, 0.717) is 12.3 Å². The van der Waals surface area contributed by atoms with Gasteiger partial charge in [-0.15, -0.1) is 0 Å². The van der Waals surface area contributed by atoms with Gasteiger partial charge in [0.1, 0.15) is 30.5 Å². The highest BCUT2D eigenvalue weighted by molar-refractivity contribution is 5.90. The van der Waals surface area contributed by atoms with Gasteiger partial charge in [0.05, 0.1) is 24.4 Å². The Morgan fingerprint density at radius 2 is 1.55 bits per heavy atom. The van der Waals surface area contributed by atoms with Gasteiger partial charge in [-0.3, -0.25) is 4.79 Å². The lowest BCUT2D eigenvalue weighted by molar-refractivity contribution is -0.303. The zero-order valence-electron chi connectivity index (χ0n) is 27.7. The van der Waals surface area contributed by atoms with Crippen molar-refractivity contribution >= 4 is 5.78 Å². The van der Waals surface area contributed by atoms with E-state index in [0.717, 1.165) is 44.9 Å². The fraction of sp³-hybridized carbons (Fsp3) is 0.971. The summed E-state index contributed by atoms with van der Waals surface area (Å²) < 4.78 is 17.8. The van der Waals surface area contributed by atoms with Gasteiger partial charge in [0, 0.05) is 11.3 Å². The Labute approximate surface area is 262 Å². The zero-order valence-corrected chi connectivity index (χ0v) is 27.7. The molecule has 5 aliphatic carbocycles. The Bertz CT molecular complexity index is 1190. The number of aliphatic hydroxyl groups is 5. The molecular formula is C35H56O9. The predicted octanol–water partition coefficient (Wildman–Crippen LogP) is 2.96. The Hall–Kier alpha value is -0.650. The average Bonchev–Trinajstić information content (AvgIpc) is 3.80. The molecule has 9 nitrogen and oxygen atoms in total. The van der Waals surface area contributed by atoms with Crippen LogP contribution in [0.5, 0.6) is 0 Å². The van der Waals surface area contributed by atoms with Gasteiger partial charge >= 0.3 is 0 Å². The second kappa shape index (κ2) is 9.71. The molecule has 0 aromatic carbocycles. The van der Waals surface area contributed by atoms with Crippen molar-refractivity contribution in [2.24, 2.45) is 50.7 Å². The minimum atomic E-state index is -1.30. The summed E-state index contributed by atoms with van der Waals surface area (Å²) in [7, 11) is 0. The van der Waals surface area contributed by atoms with Crippen molar-refractivity contribution in [3.63, 3.8) is 0 Å². The molecule has 7 rings (SSSR count). The van der Waals surface area contributed by atoms with Gasteiger partial charge in [-0.25, -0.2) is 0 Å². The van der Waals surface area contributed by atoms with Crippen molar-refractivity contribution in [2.45, 2.75) is 154 Å². The quantitative estimate of drug-likeness (QED) is 0.223. The van der Waals surface area contributed by atoms with Gasteiger partial charge in [-0.05, 0) is 105 Å². The number of carbonyl (C=O) groups is 1. The van der Waals surface area contributed by atoms with E-state index in [9.17, 15) is 30.3 Å². The lowest BCUT2D eigenvalue weighted by Crippen LogP contribution is -2.61. The van der Waals surface area contributed by atoms with Crippen molar-refractivity contribution in [3.8, 4) is 0 Å². The third-order valence-electron chi connectivity index (χ3n) is 15.4. The van der Waals surface area contributed by atoms with Gasteiger partial charge in [0.25, 0.3) is 0 Å². The molecule has 0 unspecified atom stereocenters. The summed E-state index contributed by atoms with van der Waals surface area (Å²) in [5.41, 5.74) is -1.15. The molecule has 2 spiro atoms. The maximum absolute atomic E-state index is 14.1. The van der Waals surface area contributed by atoms with Crippen molar-refractivity contribution in [1.82, 2.24) is 0 Å². The number of fused-ring (bicyclic) bond motifs is 2. The number of carbonyl (C=O) groups excluding carboxylic acids is 1. The topological polar surface area (TPSA) is 149 Å². The van der Waals surface area contributed by atoms with Crippen LogP contribution in [0.25, 0.3) is 0 Å². The van der Waals surface area contributed by atoms with Crippen LogP contribution in [0.1, 0.15) is 99.8 Å². The summed E-state index contributed by atoms with van der Waals surface area (Å²) in [6.07, 6.45) is 0.667. The summed E-state index contributed by atoms with van der Waals surface area (Å²) in [5.74, 6) is 0.275. The van der Waals surface area contributed by atoms with Crippen LogP contribution in [0.4, 0.5) is 0 Å². The van der Waals surface area contributed by atoms with E-state index >= 15 is 0 Å². The van der Waals surface area contributed by atoms with E-state index in [1.54, 1.807) is 0 Å². The van der Waals surface area contributed by atoms with Crippen molar-refractivity contribution in [2.75, 3.05) is 6.61 Å². The van der Waals surface area contributed by atoms with Crippen LogP contribution in [-0.2, 0) is 19.0 Å². The van der Waals surface area contributed by atoms with Crippen molar-refractivity contribution in [3.05, 3.63) is 0 Å². The number of hydrogen-bond acceptors (Lipinski definition) is 9. The standard InChI is InChI=1S/C35H56O9/c1-17(14-18(36)28-31(4,5)44-28)23-25(39)27(41)33(7)21-9-8-20-30(2,3)22(43-29-26(40)24(38)19(37)15-42-29)10-11-34(20)16-35(21,34)13-12-32(23,33)6/h17-24,26-29,36-38,40-41H,8-16H2,1-7H3/t17-,18-,19-,20-,21+,22+,23+,24+,26-,27+,28+,29+,32-,33-,34-,35+/m1/s1. The van der Waals surface area contributed by atoms with E-state index in [1.807, 2.05) is 13.8 Å². The van der Waals surface area contributed by atoms with Crippen LogP contribution in [0.15, 0.2) is 0 Å². The molecule has 9 heteroatoms. The maximum atomic E-state index is 14.1. The third-order valence-corrected chi connectivity index (χ3v) is 15.4. The smallest absolute Gasteiger partial charge is 0.186 e. The number of ketones is 1. The summed E-state index contributed by atoms with van der Waals surface area (Å²) in [6.45, 7) is 15.0. The van der Waals surface area contributed by atoms with Crippen LogP contribution in [0, 0.1) is 50.7 Å². The Morgan fingerprint density at radius 3 is 2.20 bits per heavy atom. The second-order valence-corrected chi connectivity index (χ2v) is 17.8. The normalized spacial score (nSPS) is 56.5. The summed E-state index contributed by atoms with van der Waals surface area (Å²) in [5, 5.41) is 53.6. The molecule has 0 aromatic heterocycles. The molecule has 2 saturated heterocycles. The Kier molecular flexibility index (Phi) is 7.05. The molecule has 2 aliphatic heterocycles. The fourth-order valence-electron chi connectivity index (χ4n) is 12.9. The van der Waals surface area contributed by atoms with Crippen LogP contribution in [0.2, 0.25) is 0 Å². The van der Waals surface area contributed by atoms with Gasteiger partial charge < -0.3 is 39.7 Å². The highest BCUT2D eigenvalue weighted by atomic mass is 16.7. The summed E-state index contributed by atoms with van der Waals surface area (Å²) in [6, 6.07) is 0. The SMILES string of the molecule is C[C@H](C[C@@H](O)[C@@H]1OC1(C)C)[C@H]1C(=O)[C@H](O)[C@@]2(C)[C@@H]3CC[C@@H]4C(C)(C)[C@@H](O[C@@H]5OC[C@@H](O)[C@H](O)[C@H]5O)CC[C@@]45C[C@@]35CC[C@]12C. The fourth-order valence-corrected chi connectivity index (χ4v) is 12.9. The lowest BCUT2D eigenvalue weighted by Gasteiger charge is -2.63. The number of epoxide rings is 1.